The first kappa shape index (κ1) is 11.6. The molecule has 1 saturated heterocycles. The fourth-order valence-corrected chi connectivity index (χ4v) is 3.51. The van der Waals surface area contributed by atoms with E-state index in [0.29, 0.717) is 0 Å². The molecular weight excluding hydrogens is 317 g/mol. The third kappa shape index (κ3) is 3.28. The number of thioether (sulfide) groups is 1. The van der Waals surface area contributed by atoms with Crippen molar-refractivity contribution in [3.63, 3.8) is 0 Å². The van der Waals surface area contributed by atoms with Crippen LogP contribution in [-0.2, 0) is 0 Å². The molecular formula is C12H16INS. The summed E-state index contributed by atoms with van der Waals surface area (Å²) in [7, 11) is 0. The van der Waals surface area contributed by atoms with Crippen molar-refractivity contribution in [3.8, 4) is 0 Å². The van der Waals surface area contributed by atoms with Gasteiger partial charge in [-0.15, -0.1) is 0 Å². The van der Waals surface area contributed by atoms with Gasteiger partial charge in [-0.05, 0) is 71.1 Å². The minimum absolute atomic E-state index is 0.869. The minimum Gasteiger partial charge on any atom is -0.385 e. The molecule has 1 atom stereocenters. The Balaban J connectivity index is 1.90. The van der Waals surface area contributed by atoms with E-state index in [1.54, 1.807) is 0 Å². The van der Waals surface area contributed by atoms with Gasteiger partial charge in [0.25, 0.3) is 0 Å². The van der Waals surface area contributed by atoms with Crippen LogP contribution in [-0.4, -0.2) is 18.1 Å². The maximum absolute atomic E-state index is 3.54. The highest BCUT2D eigenvalue weighted by molar-refractivity contribution is 14.1. The van der Waals surface area contributed by atoms with Gasteiger partial charge >= 0.3 is 0 Å². The van der Waals surface area contributed by atoms with Crippen LogP contribution in [0.3, 0.4) is 0 Å². The third-order valence-electron chi connectivity index (χ3n) is 2.79. The van der Waals surface area contributed by atoms with Gasteiger partial charge in [-0.25, -0.2) is 0 Å². The summed E-state index contributed by atoms with van der Waals surface area (Å²) in [6, 6.07) is 6.60. The minimum atomic E-state index is 0.869. The van der Waals surface area contributed by atoms with Gasteiger partial charge in [-0.3, -0.25) is 0 Å². The van der Waals surface area contributed by atoms with Crippen LogP contribution in [0.1, 0.15) is 12.0 Å². The number of hydrogen-bond donors (Lipinski definition) is 1. The third-order valence-corrected chi connectivity index (χ3v) is 5.18. The lowest BCUT2D eigenvalue weighted by atomic mass is 10.1. The van der Waals surface area contributed by atoms with Crippen LogP contribution in [0.25, 0.3) is 0 Å². The molecule has 1 aliphatic heterocycles. The molecule has 1 nitrogen and oxygen atoms in total. The van der Waals surface area contributed by atoms with Gasteiger partial charge in [0.15, 0.2) is 0 Å². The number of hydrogen-bond acceptors (Lipinski definition) is 2. The Kier molecular flexibility index (Phi) is 4.20. The van der Waals surface area contributed by atoms with Crippen LogP contribution < -0.4 is 5.32 Å². The molecule has 0 aromatic heterocycles. The summed E-state index contributed by atoms with van der Waals surface area (Å²) >= 11 is 4.48. The van der Waals surface area contributed by atoms with Crippen molar-refractivity contribution < 1.29 is 0 Å². The zero-order valence-electron chi connectivity index (χ0n) is 8.92. The topological polar surface area (TPSA) is 12.0 Å². The summed E-state index contributed by atoms with van der Waals surface area (Å²) in [6.07, 6.45) is 1.38. The molecule has 1 fully saturated rings. The molecule has 1 heterocycles. The highest BCUT2D eigenvalue weighted by Gasteiger charge is 2.14. The largest absolute Gasteiger partial charge is 0.385 e. The average Bonchev–Trinajstić information content (AvgIpc) is 2.73. The van der Waals surface area contributed by atoms with Gasteiger partial charge < -0.3 is 5.32 Å². The Morgan fingerprint density at radius 1 is 1.53 bits per heavy atom. The van der Waals surface area contributed by atoms with Crippen molar-refractivity contribution in [2.24, 2.45) is 5.92 Å². The first-order chi connectivity index (χ1) is 7.25. The van der Waals surface area contributed by atoms with Crippen molar-refractivity contribution in [1.29, 1.82) is 0 Å². The van der Waals surface area contributed by atoms with Gasteiger partial charge in [-0.2, -0.15) is 11.8 Å². The van der Waals surface area contributed by atoms with Crippen molar-refractivity contribution in [1.82, 2.24) is 0 Å². The van der Waals surface area contributed by atoms with Crippen LogP contribution in [0, 0.1) is 16.4 Å². The van der Waals surface area contributed by atoms with E-state index in [1.807, 2.05) is 0 Å². The first-order valence-electron chi connectivity index (χ1n) is 5.33. The molecule has 1 N–H and O–H groups in total. The second-order valence-electron chi connectivity index (χ2n) is 4.07. The fourth-order valence-electron chi connectivity index (χ4n) is 1.71. The van der Waals surface area contributed by atoms with Gasteiger partial charge in [0.05, 0.1) is 0 Å². The fraction of sp³-hybridized carbons (Fsp3) is 0.500. The van der Waals surface area contributed by atoms with Crippen LogP contribution in [0.5, 0.6) is 0 Å². The molecule has 82 valence electrons. The van der Waals surface area contributed by atoms with Crippen LogP contribution in [0.4, 0.5) is 5.69 Å². The first-order valence-corrected chi connectivity index (χ1v) is 7.57. The quantitative estimate of drug-likeness (QED) is 0.846. The highest BCUT2D eigenvalue weighted by atomic mass is 127. The number of aryl methyl sites for hydroxylation is 1. The predicted octanol–water partition coefficient (Wildman–Crippen LogP) is 3.76. The van der Waals surface area contributed by atoms with E-state index in [0.717, 1.165) is 12.5 Å². The normalized spacial score (nSPS) is 20.5. The maximum Gasteiger partial charge on any atom is 0.0351 e. The summed E-state index contributed by atoms with van der Waals surface area (Å²) in [4.78, 5) is 0. The molecule has 1 aliphatic rings. The second-order valence-corrected chi connectivity index (χ2v) is 6.39. The van der Waals surface area contributed by atoms with E-state index in [9.17, 15) is 0 Å². The zero-order valence-corrected chi connectivity index (χ0v) is 11.9. The van der Waals surface area contributed by atoms with E-state index in [4.69, 9.17) is 0 Å². The van der Waals surface area contributed by atoms with E-state index in [2.05, 4.69) is 64.8 Å². The number of nitrogens with one attached hydrogen (secondary N) is 1. The molecule has 0 radical (unpaired) electrons. The smallest absolute Gasteiger partial charge is 0.0351 e. The SMILES string of the molecule is Cc1ccc(NCC2CCSC2)cc1I. The average molecular weight is 333 g/mol. The van der Waals surface area contributed by atoms with Crippen LogP contribution >= 0.6 is 34.4 Å². The number of halogens is 1. The van der Waals surface area contributed by atoms with Crippen molar-refractivity contribution in [3.05, 3.63) is 27.3 Å². The Morgan fingerprint density at radius 2 is 2.40 bits per heavy atom. The van der Waals surface area contributed by atoms with Gasteiger partial charge in [0.1, 0.15) is 0 Å². The Bertz CT molecular complexity index is 334. The van der Waals surface area contributed by atoms with Gasteiger partial charge in [-0.1, -0.05) is 6.07 Å². The summed E-state index contributed by atoms with van der Waals surface area (Å²) in [5.74, 6) is 3.54. The summed E-state index contributed by atoms with van der Waals surface area (Å²) in [5.41, 5.74) is 2.62. The molecule has 0 aliphatic carbocycles. The molecule has 0 saturated carbocycles. The molecule has 0 bridgehead atoms. The van der Waals surface area contributed by atoms with Gasteiger partial charge in [0.2, 0.25) is 0 Å². The van der Waals surface area contributed by atoms with Crippen LogP contribution in [0.2, 0.25) is 0 Å². The number of anilines is 1. The highest BCUT2D eigenvalue weighted by Crippen LogP contribution is 2.24. The molecule has 1 aromatic rings. The lowest BCUT2D eigenvalue weighted by molar-refractivity contribution is 0.632. The summed E-state index contributed by atoms with van der Waals surface area (Å²) in [5, 5.41) is 3.54. The predicted molar refractivity (Wildman–Crippen MR) is 77.8 cm³/mol. The van der Waals surface area contributed by atoms with E-state index in [1.165, 1.54) is 32.7 Å². The molecule has 0 spiro atoms. The van der Waals surface area contributed by atoms with Crippen molar-refractivity contribution in [2.45, 2.75) is 13.3 Å². The lowest BCUT2D eigenvalue weighted by Gasteiger charge is -2.12. The van der Waals surface area contributed by atoms with Crippen molar-refractivity contribution in [2.75, 3.05) is 23.4 Å². The second kappa shape index (κ2) is 5.43. The zero-order chi connectivity index (χ0) is 10.7. The Morgan fingerprint density at radius 3 is 3.07 bits per heavy atom. The Hall–Kier alpha value is 0.100. The lowest BCUT2D eigenvalue weighted by Crippen LogP contribution is -2.13. The van der Waals surface area contributed by atoms with E-state index < -0.39 is 0 Å². The molecule has 1 unspecified atom stereocenters. The van der Waals surface area contributed by atoms with Crippen LogP contribution in [0.15, 0.2) is 18.2 Å². The standard InChI is InChI=1S/C12H16INS/c1-9-2-3-11(6-12(9)13)14-7-10-4-5-15-8-10/h2-3,6,10,14H,4-5,7-8H2,1H3. The summed E-state index contributed by atoms with van der Waals surface area (Å²) in [6.45, 7) is 3.28. The van der Waals surface area contributed by atoms with E-state index in [-0.39, 0.29) is 0 Å². The summed E-state index contributed by atoms with van der Waals surface area (Å²) < 4.78 is 1.35. The Labute approximate surface area is 110 Å². The van der Waals surface area contributed by atoms with Gasteiger partial charge in [0, 0.05) is 15.8 Å². The van der Waals surface area contributed by atoms with Crippen molar-refractivity contribution >= 4 is 40.0 Å². The maximum atomic E-state index is 3.54. The number of benzene rings is 1. The number of rotatable bonds is 3. The monoisotopic (exact) mass is 333 g/mol. The molecule has 15 heavy (non-hydrogen) atoms. The molecule has 1 aromatic carbocycles. The molecule has 3 heteroatoms. The molecule has 2 rings (SSSR count). The molecule has 0 amide bonds. The van der Waals surface area contributed by atoms with E-state index >= 15 is 0 Å².